The molecule has 1 rings (SSSR count). The van der Waals surface area contributed by atoms with Crippen LogP contribution < -0.4 is 5.32 Å². The Morgan fingerprint density at radius 1 is 1.22 bits per heavy atom. The lowest BCUT2D eigenvalue weighted by Crippen LogP contribution is -2.02. The highest BCUT2D eigenvalue weighted by Gasteiger charge is 2.04. The Kier molecular flexibility index (Phi) is 12.9. The molecule has 2 nitrogen and oxygen atoms in total. The molecule has 0 bridgehead atoms. The van der Waals surface area contributed by atoms with Gasteiger partial charge in [-0.15, -0.1) is 0 Å². The van der Waals surface area contributed by atoms with E-state index in [1.165, 1.54) is 0 Å². The molecule has 2 heteroatoms. The average Bonchev–Trinajstić information content (AvgIpc) is 2.43. The Morgan fingerprint density at radius 3 is 2.17 bits per heavy atom. The summed E-state index contributed by atoms with van der Waals surface area (Å²) in [6.45, 7) is 19.0. The van der Waals surface area contributed by atoms with Gasteiger partial charge in [0.25, 0.3) is 0 Å². The Morgan fingerprint density at radius 2 is 1.78 bits per heavy atom. The molecule has 0 saturated heterocycles. The Hall–Kier alpha value is -1.31. The molecule has 0 radical (unpaired) electrons. The first-order valence-corrected chi connectivity index (χ1v) is 7.06. The highest BCUT2D eigenvalue weighted by Crippen LogP contribution is 2.19. The summed E-state index contributed by atoms with van der Waals surface area (Å²) in [6.07, 6.45) is 1.80. The smallest absolute Gasteiger partial charge is 0.0858 e. The molecule has 104 valence electrons. The van der Waals surface area contributed by atoms with Gasteiger partial charge in [0.1, 0.15) is 0 Å². The standard InChI is InChI=1S/C12H18N2.2C2H6/c1-5-10-12(13-6-2)8-7-11(14-10)9(3)4;2*1-2/h5,7-9,13H,1,6H2,2-4H3;2*1-2H3. The Bertz CT molecular complexity index is 317. The molecular formula is C16H30N2. The van der Waals surface area contributed by atoms with Crippen LogP contribution in [0.15, 0.2) is 18.7 Å². The number of rotatable bonds is 4. The van der Waals surface area contributed by atoms with E-state index >= 15 is 0 Å². The fourth-order valence-electron chi connectivity index (χ4n) is 1.31. The van der Waals surface area contributed by atoms with Crippen LogP contribution in [0.25, 0.3) is 6.08 Å². The van der Waals surface area contributed by atoms with Gasteiger partial charge in [0.15, 0.2) is 0 Å². The van der Waals surface area contributed by atoms with Gasteiger partial charge in [0, 0.05) is 12.2 Å². The normalized spacial score (nSPS) is 8.67. The van der Waals surface area contributed by atoms with Crippen molar-refractivity contribution in [3.8, 4) is 0 Å². The minimum atomic E-state index is 0.462. The molecule has 0 saturated carbocycles. The monoisotopic (exact) mass is 250 g/mol. The van der Waals surface area contributed by atoms with E-state index < -0.39 is 0 Å². The number of anilines is 1. The molecule has 0 aliphatic heterocycles. The average molecular weight is 250 g/mol. The maximum atomic E-state index is 4.53. The molecule has 1 heterocycles. The van der Waals surface area contributed by atoms with Crippen molar-refractivity contribution in [2.75, 3.05) is 11.9 Å². The molecule has 0 atom stereocenters. The number of hydrogen-bond donors (Lipinski definition) is 1. The molecule has 1 aromatic rings. The lowest BCUT2D eigenvalue weighted by molar-refractivity contribution is 0.821. The topological polar surface area (TPSA) is 24.9 Å². The molecule has 0 fully saturated rings. The zero-order chi connectivity index (χ0) is 14.6. The minimum Gasteiger partial charge on any atom is -0.384 e. The third-order valence-corrected chi connectivity index (χ3v) is 2.10. The van der Waals surface area contributed by atoms with E-state index in [1.807, 2.05) is 27.7 Å². The van der Waals surface area contributed by atoms with E-state index in [-0.39, 0.29) is 0 Å². The van der Waals surface area contributed by atoms with Gasteiger partial charge in [-0.25, -0.2) is 0 Å². The van der Waals surface area contributed by atoms with Crippen molar-refractivity contribution in [1.82, 2.24) is 4.98 Å². The van der Waals surface area contributed by atoms with Crippen molar-refractivity contribution in [2.24, 2.45) is 0 Å². The lowest BCUT2D eigenvalue weighted by atomic mass is 10.1. The molecule has 0 aliphatic carbocycles. The number of nitrogens with one attached hydrogen (secondary N) is 1. The van der Waals surface area contributed by atoms with Gasteiger partial charge in [-0.05, 0) is 31.1 Å². The Balaban J connectivity index is 0. The van der Waals surface area contributed by atoms with Gasteiger partial charge < -0.3 is 5.32 Å². The van der Waals surface area contributed by atoms with Crippen LogP contribution >= 0.6 is 0 Å². The molecule has 0 unspecified atom stereocenters. The summed E-state index contributed by atoms with van der Waals surface area (Å²) < 4.78 is 0. The molecule has 1 N–H and O–H groups in total. The molecule has 0 aromatic carbocycles. The van der Waals surface area contributed by atoms with Gasteiger partial charge in [-0.1, -0.05) is 48.1 Å². The van der Waals surface area contributed by atoms with Crippen molar-refractivity contribution in [2.45, 2.75) is 54.4 Å². The number of hydrogen-bond acceptors (Lipinski definition) is 2. The molecule has 0 aliphatic rings. The number of pyridine rings is 1. The quantitative estimate of drug-likeness (QED) is 0.781. The summed E-state index contributed by atoms with van der Waals surface area (Å²) in [4.78, 5) is 4.53. The van der Waals surface area contributed by atoms with Gasteiger partial charge in [0.05, 0.1) is 11.4 Å². The van der Waals surface area contributed by atoms with E-state index in [0.717, 1.165) is 23.6 Å². The van der Waals surface area contributed by atoms with Crippen LogP contribution in [0.3, 0.4) is 0 Å². The van der Waals surface area contributed by atoms with Gasteiger partial charge in [0.2, 0.25) is 0 Å². The number of aromatic nitrogens is 1. The molecular weight excluding hydrogens is 220 g/mol. The summed E-state index contributed by atoms with van der Waals surface area (Å²) in [7, 11) is 0. The SMILES string of the molecule is C=Cc1nc(C(C)C)ccc1NCC.CC.CC. The van der Waals surface area contributed by atoms with E-state index in [9.17, 15) is 0 Å². The molecule has 0 spiro atoms. The lowest BCUT2D eigenvalue weighted by Gasteiger charge is -2.10. The second-order valence-corrected chi connectivity index (χ2v) is 3.56. The highest BCUT2D eigenvalue weighted by atomic mass is 14.9. The fourth-order valence-corrected chi connectivity index (χ4v) is 1.31. The highest BCUT2D eigenvalue weighted by molar-refractivity contribution is 5.62. The second kappa shape index (κ2) is 12.2. The van der Waals surface area contributed by atoms with E-state index in [2.05, 4.69) is 49.8 Å². The maximum Gasteiger partial charge on any atom is 0.0858 e. The largest absolute Gasteiger partial charge is 0.384 e. The van der Waals surface area contributed by atoms with Gasteiger partial charge in [-0.2, -0.15) is 0 Å². The van der Waals surface area contributed by atoms with Crippen LogP contribution in [0.5, 0.6) is 0 Å². The zero-order valence-electron chi connectivity index (χ0n) is 13.2. The zero-order valence-corrected chi connectivity index (χ0v) is 13.2. The minimum absolute atomic E-state index is 0.462. The second-order valence-electron chi connectivity index (χ2n) is 3.56. The first-order chi connectivity index (χ1) is 8.69. The van der Waals surface area contributed by atoms with Crippen LogP contribution in [0.1, 0.15) is 65.8 Å². The van der Waals surface area contributed by atoms with E-state index in [1.54, 1.807) is 6.08 Å². The summed E-state index contributed by atoms with van der Waals surface area (Å²) in [5.41, 5.74) is 3.12. The first-order valence-electron chi connectivity index (χ1n) is 7.06. The van der Waals surface area contributed by atoms with Crippen molar-refractivity contribution >= 4 is 11.8 Å². The van der Waals surface area contributed by atoms with Crippen molar-refractivity contribution in [3.05, 3.63) is 30.1 Å². The third kappa shape index (κ3) is 6.43. The molecule has 18 heavy (non-hydrogen) atoms. The van der Waals surface area contributed by atoms with E-state index in [0.29, 0.717) is 5.92 Å². The predicted molar refractivity (Wildman–Crippen MR) is 85.3 cm³/mol. The third-order valence-electron chi connectivity index (χ3n) is 2.10. The van der Waals surface area contributed by atoms with Gasteiger partial charge in [-0.3, -0.25) is 4.98 Å². The van der Waals surface area contributed by atoms with Gasteiger partial charge >= 0.3 is 0 Å². The van der Waals surface area contributed by atoms with Crippen LogP contribution in [0.2, 0.25) is 0 Å². The molecule has 0 amide bonds. The van der Waals surface area contributed by atoms with Crippen LogP contribution in [-0.4, -0.2) is 11.5 Å². The van der Waals surface area contributed by atoms with Crippen molar-refractivity contribution in [3.63, 3.8) is 0 Å². The van der Waals surface area contributed by atoms with Crippen LogP contribution in [0, 0.1) is 0 Å². The summed E-state index contributed by atoms with van der Waals surface area (Å²) in [6, 6.07) is 4.14. The van der Waals surface area contributed by atoms with Crippen LogP contribution in [0.4, 0.5) is 5.69 Å². The van der Waals surface area contributed by atoms with Crippen molar-refractivity contribution < 1.29 is 0 Å². The number of nitrogens with zero attached hydrogens (tertiary/aromatic N) is 1. The summed E-state index contributed by atoms with van der Waals surface area (Å²) in [5, 5.41) is 3.26. The fraction of sp³-hybridized carbons (Fsp3) is 0.562. The predicted octanol–water partition coefficient (Wildman–Crippen LogP) is 5.33. The summed E-state index contributed by atoms with van der Waals surface area (Å²) >= 11 is 0. The maximum absolute atomic E-state index is 4.53. The summed E-state index contributed by atoms with van der Waals surface area (Å²) in [5.74, 6) is 0.462. The van der Waals surface area contributed by atoms with E-state index in [4.69, 9.17) is 0 Å². The Labute approximate surface area is 114 Å². The van der Waals surface area contributed by atoms with Crippen molar-refractivity contribution in [1.29, 1.82) is 0 Å². The molecule has 1 aromatic heterocycles. The first kappa shape index (κ1) is 19.0. The van der Waals surface area contributed by atoms with Crippen LogP contribution in [-0.2, 0) is 0 Å².